The highest BCUT2D eigenvalue weighted by Crippen LogP contribution is 2.09. The van der Waals surface area contributed by atoms with Gasteiger partial charge in [0, 0.05) is 12.4 Å². The summed E-state index contributed by atoms with van der Waals surface area (Å²) >= 11 is 0. The van der Waals surface area contributed by atoms with Crippen molar-refractivity contribution in [1.29, 1.82) is 0 Å². The van der Waals surface area contributed by atoms with E-state index < -0.39 is 0 Å². The molecule has 1 aromatic carbocycles. The molecule has 0 bridgehead atoms. The number of anilines is 1. The molecule has 4 heteroatoms. The maximum atomic E-state index is 11.6. The van der Waals surface area contributed by atoms with E-state index in [1.807, 2.05) is 18.2 Å². The fourth-order valence-electron chi connectivity index (χ4n) is 1.22. The largest absolute Gasteiger partial charge is 0.362 e. The Labute approximate surface area is 100 Å². The third kappa shape index (κ3) is 4.79. The van der Waals surface area contributed by atoms with Gasteiger partial charge in [-0.25, -0.2) is 0 Å². The monoisotopic (exact) mass is 230 g/mol. The van der Waals surface area contributed by atoms with Crippen LogP contribution in [0.1, 0.15) is 6.42 Å². The molecule has 0 saturated heterocycles. The standard InChI is InChI=1S/C13H14N2O2/c1-3-7-12(17-14-2)10-13(16)15-11-8-5-4-6-9-11/h3-9H,1-2,10H2,(H,15,16)/b12-7-. The number of amides is 1. The topological polar surface area (TPSA) is 50.7 Å². The molecule has 0 fully saturated rings. The summed E-state index contributed by atoms with van der Waals surface area (Å²) in [7, 11) is 0. The summed E-state index contributed by atoms with van der Waals surface area (Å²) in [6, 6.07) is 9.18. The van der Waals surface area contributed by atoms with Crippen LogP contribution in [0.5, 0.6) is 0 Å². The Balaban J connectivity index is 2.56. The minimum Gasteiger partial charge on any atom is -0.362 e. The Kier molecular flexibility index (Phi) is 5.24. The first-order valence-electron chi connectivity index (χ1n) is 5.06. The molecule has 0 radical (unpaired) electrons. The zero-order chi connectivity index (χ0) is 12.5. The molecule has 0 spiro atoms. The molecule has 1 rings (SSSR count). The molecule has 0 atom stereocenters. The van der Waals surface area contributed by atoms with Crippen LogP contribution in [0, 0.1) is 0 Å². The smallest absolute Gasteiger partial charge is 0.232 e. The van der Waals surface area contributed by atoms with Crippen molar-refractivity contribution >= 4 is 18.3 Å². The second-order valence-corrected chi connectivity index (χ2v) is 3.18. The fourth-order valence-corrected chi connectivity index (χ4v) is 1.22. The molecule has 1 aromatic rings. The van der Waals surface area contributed by atoms with Crippen molar-refractivity contribution < 1.29 is 9.63 Å². The lowest BCUT2D eigenvalue weighted by Gasteiger charge is -2.06. The molecule has 0 aliphatic heterocycles. The summed E-state index contributed by atoms with van der Waals surface area (Å²) in [4.78, 5) is 16.5. The van der Waals surface area contributed by atoms with Crippen LogP contribution in [0.3, 0.4) is 0 Å². The van der Waals surface area contributed by atoms with Gasteiger partial charge in [0.05, 0.1) is 6.42 Å². The number of hydrogen-bond acceptors (Lipinski definition) is 3. The summed E-state index contributed by atoms with van der Waals surface area (Å²) in [6.45, 7) is 6.72. The zero-order valence-electron chi connectivity index (χ0n) is 9.43. The molecule has 17 heavy (non-hydrogen) atoms. The van der Waals surface area contributed by atoms with Gasteiger partial charge in [0.15, 0.2) is 0 Å². The molecule has 0 aliphatic carbocycles. The molecule has 0 aromatic heterocycles. The quantitative estimate of drug-likeness (QED) is 0.353. The number of carbonyl (C=O) groups is 1. The van der Waals surface area contributed by atoms with Crippen LogP contribution in [0.2, 0.25) is 0 Å². The highest BCUT2D eigenvalue weighted by Gasteiger charge is 2.07. The van der Waals surface area contributed by atoms with E-state index in [0.717, 1.165) is 5.69 Å². The van der Waals surface area contributed by atoms with Crippen molar-refractivity contribution in [3.05, 3.63) is 54.8 Å². The fraction of sp³-hybridized carbons (Fsp3) is 0.0769. The molecule has 4 nitrogen and oxygen atoms in total. The van der Waals surface area contributed by atoms with Gasteiger partial charge in [-0.1, -0.05) is 36.0 Å². The normalized spacial score (nSPS) is 10.5. The first-order valence-corrected chi connectivity index (χ1v) is 5.06. The first kappa shape index (κ1) is 12.7. The summed E-state index contributed by atoms with van der Waals surface area (Å²) in [5.74, 6) is 0.205. The predicted octanol–water partition coefficient (Wildman–Crippen LogP) is 2.72. The molecular formula is C13H14N2O2. The van der Waals surface area contributed by atoms with E-state index in [-0.39, 0.29) is 12.3 Å². The van der Waals surface area contributed by atoms with E-state index in [0.29, 0.717) is 5.76 Å². The summed E-state index contributed by atoms with van der Waals surface area (Å²) in [5.41, 5.74) is 0.738. The third-order valence-electron chi connectivity index (χ3n) is 1.88. The van der Waals surface area contributed by atoms with Gasteiger partial charge in [-0.15, -0.1) is 0 Å². The maximum absolute atomic E-state index is 11.6. The number of oxime groups is 1. The molecule has 1 amide bonds. The Hall–Kier alpha value is -2.36. The lowest BCUT2D eigenvalue weighted by atomic mass is 10.3. The molecule has 0 unspecified atom stereocenters. The van der Waals surface area contributed by atoms with Crippen LogP contribution in [-0.2, 0) is 9.63 Å². The van der Waals surface area contributed by atoms with Gasteiger partial charge in [0.25, 0.3) is 0 Å². The summed E-state index contributed by atoms with van der Waals surface area (Å²) in [5, 5.41) is 6.00. The minimum absolute atomic E-state index is 0.0833. The number of carbonyl (C=O) groups excluding carboxylic acids is 1. The highest BCUT2D eigenvalue weighted by molar-refractivity contribution is 5.92. The van der Waals surface area contributed by atoms with Crippen LogP contribution in [0.4, 0.5) is 5.69 Å². The first-order chi connectivity index (χ1) is 8.26. The van der Waals surface area contributed by atoms with Gasteiger partial charge in [0.1, 0.15) is 5.76 Å². The van der Waals surface area contributed by atoms with Gasteiger partial charge in [-0.2, -0.15) is 0 Å². The van der Waals surface area contributed by atoms with Crippen molar-refractivity contribution in [2.75, 3.05) is 5.32 Å². The molecule has 88 valence electrons. The second kappa shape index (κ2) is 7.00. The minimum atomic E-state index is -0.187. The average molecular weight is 230 g/mol. The number of hydrogen-bond donors (Lipinski definition) is 1. The molecule has 1 N–H and O–H groups in total. The van der Waals surface area contributed by atoms with E-state index in [9.17, 15) is 4.79 Å². The van der Waals surface area contributed by atoms with E-state index in [1.165, 1.54) is 6.08 Å². The van der Waals surface area contributed by atoms with Gasteiger partial charge in [-0.05, 0) is 18.2 Å². The Morgan fingerprint density at radius 1 is 1.41 bits per heavy atom. The van der Waals surface area contributed by atoms with Crippen molar-refractivity contribution in [3.8, 4) is 0 Å². The van der Waals surface area contributed by atoms with Crippen LogP contribution in [0.25, 0.3) is 0 Å². The van der Waals surface area contributed by atoms with Crippen LogP contribution in [-0.4, -0.2) is 12.6 Å². The van der Waals surface area contributed by atoms with Crippen molar-refractivity contribution in [2.24, 2.45) is 5.16 Å². The van der Waals surface area contributed by atoms with Crippen molar-refractivity contribution in [2.45, 2.75) is 6.42 Å². The maximum Gasteiger partial charge on any atom is 0.232 e. The molecule has 0 saturated carbocycles. The molecule has 0 aliphatic rings. The highest BCUT2D eigenvalue weighted by atomic mass is 16.6. The predicted molar refractivity (Wildman–Crippen MR) is 68.6 cm³/mol. The SMILES string of the molecule is C=C/C=C(/CC(=O)Nc1ccccc1)ON=C. The Morgan fingerprint density at radius 3 is 2.71 bits per heavy atom. The van der Waals surface area contributed by atoms with Gasteiger partial charge < -0.3 is 10.2 Å². The van der Waals surface area contributed by atoms with Crippen LogP contribution in [0.15, 0.2) is 60.0 Å². The van der Waals surface area contributed by atoms with Gasteiger partial charge in [0.2, 0.25) is 5.91 Å². The third-order valence-corrected chi connectivity index (χ3v) is 1.88. The lowest BCUT2D eigenvalue weighted by molar-refractivity contribution is -0.116. The van der Waals surface area contributed by atoms with Crippen molar-refractivity contribution in [3.63, 3.8) is 0 Å². The van der Waals surface area contributed by atoms with Crippen LogP contribution < -0.4 is 5.32 Å². The number of allylic oxidation sites excluding steroid dienone is 2. The molecular weight excluding hydrogens is 216 g/mol. The van der Waals surface area contributed by atoms with E-state index in [4.69, 9.17) is 4.84 Å². The number of benzene rings is 1. The number of nitrogens with zero attached hydrogens (tertiary/aromatic N) is 1. The Bertz CT molecular complexity index is 424. The zero-order valence-corrected chi connectivity index (χ0v) is 9.43. The lowest BCUT2D eigenvalue weighted by Crippen LogP contribution is -2.12. The van der Waals surface area contributed by atoms with Gasteiger partial charge >= 0.3 is 0 Å². The second-order valence-electron chi connectivity index (χ2n) is 3.18. The van der Waals surface area contributed by atoms with E-state index in [1.54, 1.807) is 18.2 Å². The van der Waals surface area contributed by atoms with Crippen molar-refractivity contribution in [1.82, 2.24) is 0 Å². The average Bonchev–Trinajstić information content (AvgIpc) is 2.30. The summed E-state index contributed by atoms with van der Waals surface area (Å²) < 4.78 is 0. The molecule has 0 heterocycles. The summed E-state index contributed by atoms with van der Waals surface area (Å²) in [6.07, 6.45) is 3.18. The van der Waals surface area contributed by atoms with Gasteiger partial charge in [-0.3, -0.25) is 4.79 Å². The number of para-hydroxylation sites is 1. The van der Waals surface area contributed by atoms with E-state index in [2.05, 4.69) is 23.8 Å². The van der Waals surface area contributed by atoms with E-state index >= 15 is 0 Å². The number of rotatable bonds is 6. The Morgan fingerprint density at radius 2 is 2.12 bits per heavy atom. The van der Waals surface area contributed by atoms with Crippen LogP contribution >= 0.6 is 0 Å². The number of nitrogens with one attached hydrogen (secondary N) is 1.